The lowest BCUT2D eigenvalue weighted by Gasteiger charge is -2.28. The van der Waals surface area contributed by atoms with Gasteiger partial charge in [0.15, 0.2) is 6.10 Å². The topological polar surface area (TPSA) is 111 Å². The maximum Gasteiger partial charge on any atom is 0.306 e. The van der Waals surface area contributed by atoms with Gasteiger partial charge in [0.05, 0.1) is 27.7 Å². The van der Waals surface area contributed by atoms with Crippen LogP contribution in [0.25, 0.3) is 0 Å². The van der Waals surface area contributed by atoms with E-state index in [0.29, 0.717) is 17.4 Å². The van der Waals surface area contributed by atoms with Crippen molar-refractivity contribution in [3.05, 3.63) is 97.2 Å². The van der Waals surface area contributed by atoms with Crippen molar-refractivity contribution >= 4 is 19.8 Å². The Kier molecular flexibility index (Phi) is 65.9. The number of phosphoric ester groups is 1. The second-order valence-electron chi connectivity index (χ2n) is 25.9. The van der Waals surface area contributed by atoms with Gasteiger partial charge >= 0.3 is 11.9 Å². The minimum Gasteiger partial charge on any atom is -0.756 e. The summed E-state index contributed by atoms with van der Waals surface area (Å²) in [7, 11) is 1.17. The van der Waals surface area contributed by atoms with Gasteiger partial charge in [-0.2, -0.15) is 0 Å². The summed E-state index contributed by atoms with van der Waals surface area (Å²) in [5.41, 5.74) is 0. The molecule has 2 unspecified atom stereocenters. The molecule has 0 saturated carbocycles. The van der Waals surface area contributed by atoms with Crippen LogP contribution in [0.2, 0.25) is 0 Å². The molecule has 0 bridgehead atoms. The maximum atomic E-state index is 12.9. The molecule has 0 radical (unpaired) electrons. The largest absolute Gasteiger partial charge is 0.756 e. The van der Waals surface area contributed by atoms with E-state index in [1.807, 2.05) is 21.1 Å². The number of carbonyl (C=O) groups is 2. The van der Waals surface area contributed by atoms with Crippen LogP contribution >= 0.6 is 7.82 Å². The number of unbranched alkanes of at least 4 members (excludes halogenated alkanes) is 38. The molecule has 0 aromatic rings. The molecule has 9 nitrogen and oxygen atoms in total. The number of nitrogens with zero attached hydrogens (tertiary/aromatic N) is 1. The first-order valence-electron chi connectivity index (χ1n) is 36.9. The molecule has 510 valence electrons. The first-order valence-corrected chi connectivity index (χ1v) is 38.4. The molecule has 10 heteroatoms. The summed E-state index contributed by atoms with van der Waals surface area (Å²) in [6.07, 6.45) is 95.0. The number of allylic oxidation sites excluding steroid dienone is 16. The van der Waals surface area contributed by atoms with Crippen molar-refractivity contribution in [2.75, 3.05) is 47.5 Å². The molecule has 0 heterocycles. The number of phosphoric acid groups is 1. The first kappa shape index (κ1) is 84.9. The van der Waals surface area contributed by atoms with Gasteiger partial charge in [-0.3, -0.25) is 14.2 Å². The Balaban J connectivity index is 4.02. The van der Waals surface area contributed by atoms with Gasteiger partial charge in [0.1, 0.15) is 19.8 Å². The molecule has 0 aromatic heterocycles. The van der Waals surface area contributed by atoms with E-state index in [9.17, 15) is 19.0 Å². The zero-order chi connectivity index (χ0) is 64.1. The second-order valence-corrected chi connectivity index (χ2v) is 27.3. The second kappa shape index (κ2) is 68.3. The zero-order valence-electron chi connectivity index (χ0n) is 58.2. The van der Waals surface area contributed by atoms with E-state index in [0.717, 1.165) is 83.5 Å². The van der Waals surface area contributed by atoms with Gasteiger partial charge in [-0.15, -0.1) is 0 Å². The number of rotatable bonds is 68. The number of ether oxygens (including phenoxy) is 2. The summed E-state index contributed by atoms with van der Waals surface area (Å²) in [6, 6.07) is 0. The standard InChI is InChI=1S/C78H140NO8P/c1-6-8-10-12-14-16-18-20-22-24-26-28-30-32-34-36-37-38-39-40-41-43-45-47-49-51-53-55-57-59-61-63-65-67-69-71-78(81)87-76(75-86-88(82,83)85-73-72-79(3,4)5)74-84-77(80)70-68-66-64-62-60-58-56-54-52-50-48-46-44-42-35-33-31-29-27-25-23-21-19-17-15-13-11-9-7-2/h8,10,14,16,20,22,25-28,32,34,37-38,40-41,76H,6-7,9,11-13,15,17-19,21,23-24,29-31,33,35-36,39,42-75H2,1-5H3/b10-8-,16-14-,22-20-,27-25-,28-26-,34-32-,38-37-,41-40-. The normalized spacial score (nSPS) is 13.7. The molecule has 0 fully saturated rings. The Bertz CT molecular complexity index is 1810. The molecule has 0 aromatic carbocycles. The fourth-order valence-corrected chi connectivity index (χ4v) is 11.2. The van der Waals surface area contributed by atoms with E-state index >= 15 is 0 Å². The van der Waals surface area contributed by atoms with Gasteiger partial charge < -0.3 is 27.9 Å². The van der Waals surface area contributed by atoms with E-state index < -0.39 is 26.5 Å². The van der Waals surface area contributed by atoms with Crippen molar-refractivity contribution in [1.82, 2.24) is 0 Å². The van der Waals surface area contributed by atoms with Crippen molar-refractivity contribution in [3.8, 4) is 0 Å². The zero-order valence-corrected chi connectivity index (χ0v) is 59.1. The Labute approximate surface area is 544 Å². The number of esters is 2. The van der Waals surface area contributed by atoms with E-state index in [2.05, 4.69) is 111 Å². The van der Waals surface area contributed by atoms with Crippen LogP contribution in [0.1, 0.15) is 335 Å². The quantitative estimate of drug-likeness (QED) is 0.0195. The van der Waals surface area contributed by atoms with Gasteiger partial charge in [-0.1, -0.05) is 323 Å². The fraction of sp³-hybridized carbons (Fsp3) is 0.769. The highest BCUT2D eigenvalue weighted by atomic mass is 31.2. The van der Waals surface area contributed by atoms with Crippen molar-refractivity contribution in [2.45, 2.75) is 341 Å². The van der Waals surface area contributed by atoms with Crippen LogP contribution in [0.3, 0.4) is 0 Å². The van der Waals surface area contributed by atoms with Crippen molar-refractivity contribution in [2.24, 2.45) is 0 Å². The van der Waals surface area contributed by atoms with Gasteiger partial charge in [-0.25, -0.2) is 0 Å². The van der Waals surface area contributed by atoms with Crippen LogP contribution in [0.5, 0.6) is 0 Å². The Morgan fingerprint density at radius 2 is 0.648 bits per heavy atom. The van der Waals surface area contributed by atoms with Crippen molar-refractivity contribution in [3.63, 3.8) is 0 Å². The first-order chi connectivity index (χ1) is 43.0. The van der Waals surface area contributed by atoms with Gasteiger partial charge in [0.25, 0.3) is 7.82 Å². The molecule has 0 aliphatic rings. The lowest BCUT2D eigenvalue weighted by atomic mass is 10.0. The SMILES string of the molecule is CC/C=C\C/C=C\C/C=C\C/C=C\C/C=C\C/C=C\C/C=C\CCCCCCCCCCCCCCCC(=O)OC(COC(=O)CCCCCCCCCCCCCCCCCCC/C=C\CCCCCCCCCC)COP(=O)([O-])OCC[N+](C)(C)C. The predicted molar refractivity (Wildman–Crippen MR) is 379 cm³/mol. The minimum absolute atomic E-state index is 0.0327. The van der Waals surface area contributed by atoms with Crippen LogP contribution in [-0.4, -0.2) is 70.0 Å². The number of hydrogen-bond acceptors (Lipinski definition) is 8. The molecule has 0 rings (SSSR count). The third kappa shape index (κ3) is 72.0. The highest BCUT2D eigenvalue weighted by Gasteiger charge is 2.22. The summed E-state index contributed by atoms with van der Waals surface area (Å²) >= 11 is 0. The highest BCUT2D eigenvalue weighted by molar-refractivity contribution is 7.45. The summed E-state index contributed by atoms with van der Waals surface area (Å²) in [6.45, 7) is 4.17. The van der Waals surface area contributed by atoms with E-state index in [1.54, 1.807) is 0 Å². The molecule has 0 amide bonds. The van der Waals surface area contributed by atoms with Gasteiger partial charge in [-0.05, 0) is 96.3 Å². The van der Waals surface area contributed by atoms with Crippen LogP contribution in [0.4, 0.5) is 0 Å². The maximum absolute atomic E-state index is 12.9. The third-order valence-electron chi connectivity index (χ3n) is 16.1. The monoisotopic (exact) mass is 1250 g/mol. The highest BCUT2D eigenvalue weighted by Crippen LogP contribution is 2.38. The van der Waals surface area contributed by atoms with Crippen LogP contribution in [0, 0.1) is 0 Å². The van der Waals surface area contributed by atoms with E-state index in [-0.39, 0.29) is 32.0 Å². The molecule has 0 spiro atoms. The molecule has 0 aliphatic carbocycles. The summed E-state index contributed by atoms with van der Waals surface area (Å²) in [5, 5.41) is 0. The minimum atomic E-state index is -4.65. The number of likely N-dealkylation sites (N-methyl/N-ethyl adjacent to an activating group) is 1. The fourth-order valence-electron chi connectivity index (χ4n) is 10.5. The molecule has 0 saturated heterocycles. The predicted octanol–water partition coefficient (Wildman–Crippen LogP) is 23.6. The smallest absolute Gasteiger partial charge is 0.306 e. The summed E-state index contributed by atoms with van der Waals surface area (Å²) < 4.78 is 34.4. The third-order valence-corrected chi connectivity index (χ3v) is 17.1. The number of carbonyl (C=O) groups excluding carboxylic acids is 2. The molecule has 0 N–H and O–H groups in total. The average Bonchev–Trinajstić information content (AvgIpc) is 3.57. The Hall–Kier alpha value is -3.07. The van der Waals surface area contributed by atoms with Crippen LogP contribution in [0.15, 0.2) is 97.2 Å². The van der Waals surface area contributed by atoms with Crippen LogP contribution < -0.4 is 4.89 Å². The number of hydrogen-bond donors (Lipinski definition) is 0. The van der Waals surface area contributed by atoms with Crippen LogP contribution in [-0.2, 0) is 32.7 Å². The molecule has 88 heavy (non-hydrogen) atoms. The Morgan fingerprint density at radius 1 is 0.364 bits per heavy atom. The molecule has 2 atom stereocenters. The lowest BCUT2D eigenvalue weighted by Crippen LogP contribution is -2.37. The average molecular weight is 1250 g/mol. The number of quaternary nitrogens is 1. The van der Waals surface area contributed by atoms with Crippen molar-refractivity contribution < 1.29 is 42.1 Å². The van der Waals surface area contributed by atoms with Gasteiger partial charge in [0.2, 0.25) is 0 Å². The molecule has 0 aliphatic heterocycles. The van der Waals surface area contributed by atoms with E-state index in [1.165, 1.54) is 218 Å². The van der Waals surface area contributed by atoms with E-state index in [4.69, 9.17) is 18.5 Å². The van der Waals surface area contributed by atoms with Gasteiger partial charge in [0, 0.05) is 12.8 Å². The molecular weight excluding hydrogens is 1110 g/mol. The summed E-state index contributed by atoms with van der Waals surface area (Å²) in [4.78, 5) is 38.1. The Morgan fingerprint density at radius 3 is 0.977 bits per heavy atom. The lowest BCUT2D eigenvalue weighted by molar-refractivity contribution is -0.870. The molecular formula is C78H140NO8P. The summed E-state index contributed by atoms with van der Waals surface area (Å²) in [5.74, 6) is -0.824. The van der Waals surface area contributed by atoms with Crippen molar-refractivity contribution in [1.29, 1.82) is 0 Å².